The van der Waals surface area contributed by atoms with Crippen molar-refractivity contribution in [1.29, 1.82) is 0 Å². The molecule has 66 valence electrons. The quantitative estimate of drug-likeness (QED) is 0.659. The fourth-order valence-corrected chi connectivity index (χ4v) is 1.30. The Kier molecular flexibility index (Phi) is 2.84. The van der Waals surface area contributed by atoms with Gasteiger partial charge in [0.15, 0.2) is 0 Å². The third-order valence-corrected chi connectivity index (χ3v) is 2.09. The maximum absolute atomic E-state index is 8.75. The Morgan fingerprint density at radius 3 is 2.58 bits per heavy atom. The second-order valence-electron chi connectivity index (χ2n) is 3.21. The smallest absolute Gasteiger partial charge is 0.0543 e. The van der Waals surface area contributed by atoms with Crippen LogP contribution in [0.5, 0.6) is 0 Å². The minimum Gasteiger partial charge on any atom is -0.316 e. The summed E-state index contributed by atoms with van der Waals surface area (Å²) in [6.45, 7) is 6.03. The topological polar surface area (TPSA) is 32.3 Å². The van der Waals surface area contributed by atoms with Crippen LogP contribution >= 0.6 is 0 Å². The number of hydrogen-bond acceptors (Lipinski definition) is 2. The van der Waals surface area contributed by atoms with Crippen LogP contribution in [0.4, 0.5) is 0 Å². The van der Waals surface area contributed by atoms with Gasteiger partial charge in [-0.05, 0) is 31.9 Å². The minimum absolute atomic E-state index is 0.00454. The molecule has 1 aromatic rings. The van der Waals surface area contributed by atoms with Gasteiger partial charge in [-0.1, -0.05) is 23.8 Å². The summed E-state index contributed by atoms with van der Waals surface area (Å²) in [6.07, 6.45) is 0. The van der Waals surface area contributed by atoms with E-state index < -0.39 is 0 Å². The van der Waals surface area contributed by atoms with E-state index in [0.29, 0.717) is 0 Å². The summed E-state index contributed by atoms with van der Waals surface area (Å²) in [7, 11) is 0. The van der Waals surface area contributed by atoms with Gasteiger partial charge in [-0.2, -0.15) is 5.48 Å². The van der Waals surface area contributed by atoms with Crippen molar-refractivity contribution in [2.45, 2.75) is 26.8 Å². The summed E-state index contributed by atoms with van der Waals surface area (Å²) in [5.74, 6) is 0. The van der Waals surface area contributed by atoms with Crippen LogP contribution in [0.2, 0.25) is 0 Å². The highest BCUT2D eigenvalue weighted by Crippen LogP contribution is 2.17. The summed E-state index contributed by atoms with van der Waals surface area (Å²) in [5, 5.41) is 8.75. The van der Waals surface area contributed by atoms with E-state index in [-0.39, 0.29) is 6.04 Å². The Labute approximate surface area is 73.2 Å². The molecule has 2 heteroatoms. The first-order valence-corrected chi connectivity index (χ1v) is 4.12. The lowest BCUT2D eigenvalue weighted by Crippen LogP contribution is -2.14. The molecule has 0 bridgehead atoms. The van der Waals surface area contributed by atoms with E-state index in [1.807, 2.05) is 20.8 Å². The van der Waals surface area contributed by atoms with Crippen LogP contribution in [0.1, 0.15) is 29.7 Å². The first-order valence-electron chi connectivity index (χ1n) is 4.12. The first-order chi connectivity index (χ1) is 5.65. The van der Waals surface area contributed by atoms with Crippen molar-refractivity contribution in [2.24, 2.45) is 0 Å². The number of aryl methyl sites for hydroxylation is 2. The maximum Gasteiger partial charge on any atom is 0.0543 e. The molecule has 12 heavy (non-hydrogen) atoms. The molecule has 0 spiro atoms. The van der Waals surface area contributed by atoms with Gasteiger partial charge in [0, 0.05) is 0 Å². The van der Waals surface area contributed by atoms with Crippen LogP contribution in [0.25, 0.3) is 0 Å². The van der Waals surface area contributed by atoms with Gasteiger partial charge in [-0.15, -0.1) is 0 Å². The third-order valence-electron chi connectivity index (χ3n) is 2.09. The Balaban J connectivity index is 3.04. The zero-order chi connectivity index (χ0) is 9.14. The Bertz CT molecular complexity index is 271. The van der Waals surface area contributed by atoms with Crippen LogP contribution < -0.4 is 5.48 Å². The maximum atomic E-state index is 8.75. The zero-order valence-corrected chi connectivity index (χ0v) is 7.76. The molecule has 0 aliphatic heterocycles. The lowest BCUT2D eigenvalue weighted by atomic mass is 10.0. The van der Waals surface area contributed by atoms with E-state index >= 15 is 0 Å². The van der Waals surface area contributed by atoms with Crippen LogP contribution in [-0.2, 0) is 0 Å². The number of hydroxylamine groups is 1. The fourth-order valence-electron chi connectivity index (χ4n) is 1.30. The molecule has 1 atom stereocenters. The summed E-state index contributed by atoms with van der Waals surface area (Å²) >= 11 is 0. The van der Waals surface area contributed by atoms with Gasteiger partial charge >= 0.3 is 0 Å². The summed E-state index contributed by atoms with van der Waals surface area (Å²) in [6, 6.07) is 6.23. The van der Waals surface area contributed by atoms with Crippen molar-refractivity contribution in [2.75, 3.05) is 0 Å². The molecule has 0 fully saturated rings. The third kappa shape index (κ3) is 1.84. The van der Waals surface area contributed by atoms with Crippen LogP contribution in [0.15, 0.2) is 18.2 Å². The Morgan fingerprint density at radius 2 is 2.00 bits per heavy atom. The molecule has 1 unspecified atom stereocenters. The highest BCUT2D eigenvalue weighted by molar-refractivity contribution is 5.32. The number of rotatable bonds is 2. The van der Waals surface area contributed by atoms with Crippen molar-refractivity contribution in [3.8, 4) is 0 Å². The predicted octanol–water partition coefficient (Wildman–Crippen LogP) is 2.34. The van der Waals surface area contributed by atoms with Gasteiger partial charge in [-0.3, -0.25) is 0 Å². The monoisotopic (exact) mass is 165 g/mol. The van der Waals surface area contributed by atoms with E-state index in [1.54, 1.807) is 0 Å². The lowest BCUT2D eigenvalue weighted by molar-refractivity contribution is 0.133. The number of benzene rings is 1. The Hall–Kier alpha value is -0.860. The Morgan fingerprint density at radius 1 is 1.33 bits per heavy atom. The van der Waals surface area contributed by atoms with Gasteiger partial charge in [0.05, 0.1) is 6.04 Å². The molecular formula is C10H15NO. The molecule has 0 saturated carbocycles. The van der Waals surface area contributed by atoms with Gasteiger partial charge < -0.3 is 5.21 Å². The molecule has 0 aromatic heterocycles. The molecular weight excluding hydrogens is 150 g/mol. The average molecular weight is 165 g/mol. The van der Waals surface area contributed by atoms with Crippen LogP contribution in [0.3, 0.4) is 0 Å². The number of nitrogens with one attached hydrogen (secondary N) is 1. The molecule has 0 amide bonds. The van der Waals surface area contributed by atoms with Crippen molar-refractivity contribution in [3.63, 3.8) is 0 Å². The van der Waals surface area contributed by atoms with Gasteiger partial charge in [-0.25, -0.2) is 0 Å². The largest absolute Gasteiger partial charge is 0.316 e. The van der Waals surface area contributed by atoms with Crippen LogP contribution in [-0.4, -0.2) is 5.21 Å². The van der Waals surface area contributed by atoms with Crippen molar-refractivity contribution >= 4 is 0 Å². The van der Waals surface area contributed by atoms with E-state index in [9.17, 15) is 0 Å². The minimum atomic E-state index is 0.00454. The average Bonchev–Trinajstić information content (AvgIpc) is 2.08. The second kappa shape index (κ2) is 3.70. The summed E-state index contributed by atoms with van der Waals surface area (Å²) < 4.78 is 0. The predicted molar refractivity (Wildman–Crippen MR) is 49.3 cm³/mol. The summed E-state index contributed by atoms with van der Waals surface area (Å²) in [5.41, 5.74) is 5.82. The zero-order valence-electron chi connectivity index (χ0n) is 7.76. The van der Waals surface area contributed by atoms with Crippen LogP contribution in [0, 0.1) is 13.8 Å². The molecule has 0 radical (unpaired) electrons. The number of hydrogen-bond donors (Lipinski definition) is 2. The molecule has 0 aliphatic rings. The fraction of sp³-hybridized carbons (Fsp3) is 0.400. The molecule has 0 aliphatic carbocycles. The molecule has 0 heterocycles. The molecule has 1 aromatic carbocycles. The standard InChI is InChI=1S/C10H15NO/c1-7-4-5-8(2)10(6-7)9(3)11-12/h4-6,9,11-12H,1-3H3. The molecule has 2 N–H and O–H groups in total. The van der Waals surface area contributed by atoms with E-state index in [1.165, 1.54) is 11.1 Å². The van der Waals surface area contributed by atoms with Gasteiger partial charge in [0.2, 0.25) is 0 Å². The van der Waals surface area contributed by atoms with E-state index in [4.69, 9.17) is 5.21 Å². The van der Waals surface area contributed by atoms with Crippen molar-refractivity contribution in [3.05, 3.63) is 34.9 Å². The van der Waals surface area contributed by atoms with Gasteiger partial charge in [0.25, 0.3) is 0 Å². The SMILES string of the molecule is Cc1ccc(C)c(C(C)NO)c1. The van der Waals surface area contributed by atoms with Crippen molar-refractivity contribution in [1.82, 2.24) is 5.48 Å². The molecule has 0 saturated heterocycles. The lowest BCUT2D eigenvalue weighted by Gasteiger charge is -2.13. The second-order valence-corrected chi connectivity index (χ2v) is 3.21. The van der Waals surface area contributed by atoms with E-state index in [2.05, 4.69) is 23.7 Å². The molecule has 1 rings (SSSR count). The highest BCUT2D eigenvalue weighted by Gasteiger charge is 2.05. The highest BCUT2D eigenvalue weighted by atomic mass is 16.5. The first kappa shape index (κ1) is 9.23. The normalized spacial score (nSPS) is 13.0. The van der Waals surface area contributed by atoms with Crippen molar-refractivity contribution < 1.29 is 5.21 Å². The van der Waals surface area contributed by atoms with E-state index in [0.717, 1.165) is 5.56 Å². The molecule has 2 nitrogen and oxygen atoms in total. The van der Waals surface area contributed by atoms with Gasteiger partial charge in [0.1, 0.15) is 0 Å². The summed E-state index contributed by atoms with van der Waals surface area (Å²) in [4.78, 5) is 0.